The second-order valence-electron chi connectivity index (χ2n) is 5.13. The maximum Gasteiger partial charge on any atom is 0.344 e. The van der Waals surface area contributed by atoms with Crippen LogP contribution in [0.3, 0.4) is 0 Å². The first-order valence-electron chi connectivity index (χ1n) is 7.11. The Labute approximate surface area is 144 Å². The molecular weight excluding hydrogens is 337 g/mol. The number of ether oxygens (including phenoxy) is 1. The van der Waals surface area contributed by atoms with Gasteiger partial charge in [-0.05, 0) is 32.9 Å². The minimum atomic E-state index is -0.665. The van der Waals surface area contributed by atoms with E-state index in [0.29, 0.717) is 33.4 Å². The van der Waals surface area contributed by atoms with Crippen LogP contribution in [0.5, 0.6) is 0 Å². The number of methoxy groups -OCH3 is 1. The molecule has 0 bridgehead atoms. The number of hydrogen-bond acceptors (Lipinski definition) is 3. The molecule has 4 nitrogen and oxygen atoms in total. The number of pyridine rings is 1. The first kappa shape index (κ1) is 17.6. The van der Waals surface area contributed by atoms with Gasteiger partial charge in [0, 0.05) is 23.4 Å². The fourth-order valence-corrected chi connectivity index (χ4v) is 2.89. The van der Waals surface area contributed by atoms with Crippen molar-refractivity contribution in [1.29, 1.82) is 0 Å². The molecule has 0 aliphatic carbocycles. The molecule has 0 saturated carbocycles. The van der Waals surface area contributed by atoms with Crippen LogP contribution in [0.25, 0.3) is 11.3 Å². The van der Waals surface area contributed by atoms with E-state index in [1.54, 1.807) is 25.1 Å². The summed E-state index contributed by atoms with van der Waals surface area (Å²) in [5.74, 6) is -0.665. The van der Waals surface area contributed by atoms with Gasteiger partial charge in [0.15, 0.2) is 5.43 Å². The summed E-state index contributed by atoms with van der Waals surface area (Å²) < 4.78 is 6.72. The Hall–Kier alpha value is -1.78. The number of hydrogen-bond donors (Lipinski definition) is 0. The van der Waals surface area contributed by atoms with Gasteiger partial charge in [0.1, 0.15) is 5.56 Å². The quantitative estimate of drug-likeness (QED) is 0.775. The van der Waals surface area contributed by atoms with E-state index in [-0.39, 0.29) is 11.0 Å². The Morgan fingerprint density at radius 2 is 1.87 bits per heavy atom. The summed E-state index contributed by atoms with van der Waals surface area (Å²) in [5.41, 5.74) is 2.13. The molecule has 1 heterocycles. The van der Waals surface area contributed by atoms with E-state index in [1.165, 1.54) is 7.11 Å². The normalized spacial score (nSPS) is 10.7. The van der Waals surface area contributed by atoms with Gasteiger partial charge in [0.25, 0.3) is 0 Å². The fourth-order valence-electron chi connectivity index (χ4n) is 2.59. The number of carbonyl (C=O) groups excluding carboxylic acids is 1. The van der Waals surface area contributed by atoms with Crippen LogP contribution in [0.1, 0.15) is 28.5 Å². The fraction of sp³-hybridized carbons (Fsp3) is 0.294. The topological polar surface area (TPSA) is 48.3 Å². The van der Waals surface area contributed by atoms with Crippen LogP contribution in [-0.4, -0.2) is 17.6 Å². The Kier molecular flexibility index (Phi) is 5.17. The second-order valence-corrected chi connectivity index (χ2v) is 5.94. The molecule has 0 amide bonds. The molecule has 0 spiro atoms. The molecule has 0 atom stereocenters. The molecule has 0 unspecified atom stereocenters. The van der Waals surface area contributed by atoms with E-state index in [1.807, 2.05) is 18.4 Å². The maximum atomic E-state index is 12.6. The van der Waals surface area contributed by atoms with Crippen molar-refractivity contribution in [2.24, 2.45) is 0 Å². The molecule has 122 valence electrons. The smallest absolute Gasteiger partial charge is 0.344 e. The molecule has 2 rings (SSSR count). The van der Waals surface area contributed by atoms with Gasteiger partial charge in [-0.2, -0.15) is 0 Å². The molecule has 0 fully saturated rings. The van der Waals surface area contributed by atoms with Crippen molar-refractivity contribution in [2.75, 3.05) is 7.11 Å². The van der Waals surface area contributed by atoms with Crippen LogP contribution in [0, 0.1) is 13.8 Å². The SMILES string of the molecule is CCn1c(C)c(C)c(=O)c(C(=O)OC)c1-c1ccc(Cl)c(Cl)c1. The molecule has 2 aromatic rings. The predicted octanol–water partition coefficient (Wildman–Crippen LogP) is 4.25. The van der Waals surface area contributed by atoms with Gasteiger partial charge in [-0.1, -0.05) is 29.3 Å². The van der Waals surface area contributed by atoms with Gasteiger partial charge in [-0.15, -0.1) is 0 Å². The molecule has 0 aliphatic rings. The van der Waals surface area contributed by atoms with E-state index in [0.717, 1.165) is 5.69 Å². The lowest BCUT2D eigenvalue weighted by atomic mass is 10.0. The number of esters is 1. The first-order valence-corrected chi connectivity index (χ1v) is 7.86. The van der Waals surface area contributed by atoms with Crippen LogP contribution in [0.15, 0.2) is 23.0 Å². The molecule has 0 N–H and O–H groups in total. The Balaban J connectivity index is 2.96. The van der Waals surface area contributed by atoms with Crippen LogP contribution < -0.4 is 5.43 Å². The summed E-state index contributed by atoms with van der Waals surface area (Å²) >= 11 is 12.1. The zero-order valence-electron chi connectivity index (χ0n) is 13.4. The monoisotopic (exact) mass is 353 g/mol. The highest BCUT2D eigenvalue weighted by molar-refractivity contribution is 6.42. The van der Waals surface area contributed by atoms with Crippen LogP contribution in [0.2, 0.25) is 10.0 Å². The van der Waals surface area contributed by atoms with E-state index < -0.39 is 5.97 Å². The van der Waals surface area contributed by atoms with Crippen molar-refractivity contribution in [3.63, 3.8) is 0 Å². The van der Waals surface area contributed by atoms with Gasteiger partial charge in [0.2, 0.25) is 0 Å². The van der Waals surface area contributed by atoms with Gasteiger partial charge >= 0.3 is 5.97 Å². The number of benzene rings is 1. The van der Waals surface area contributed by atoms with Gasteiger partial charge in [-0.25, -0.2) is 4.79 Å². The Morgan fingerprint density at radius 1 is 1.22 bits per heavy atom. The Morgan fingerprint density at radius 3 is 2.39 bits per heavy atom. The number of rotatable bonds is 3. The molecule has 6 heteroatoms. The van der Waals surface area contributed by atoms with Crippen LogP contribution in [-0.2, 0) is 11.3 Å². The molecule has 23 heavy (non-hydrogen) atoms. The molecule has 1 aromatic carbocycles. The summed E-state index contributed by atoms with van der Waals surface area (Å²) in [4.78, 5) is 24.8. The number of aromatic nitrogens is 1. The molecular formula is C17H17Cl2NO3. The van der Waals surface area contributed by atoms with E-state index in [2.05, 4.69) is 0 Å². The Bertz CT molecular complexity index is 841. The molecule has 0 radical (unpaired) electrons. The van der Waals surface area contributed by atoms with Crippen molar-refractivity contribution >= 4 is 29.2 Å². The average Bonchev–Trinajstić information content (AvgIpc) is 2.54. The molecule has 1 aromatic heterocycles. The second kappa shape index (κ2) is 6.77. The van der Waals surface area contributed by atoms with Crippen molar-refractivity contribution < 1.29 is 9.53 Å². The van der Waals surface area contributed by atoms with Crippen molar-refractivity contribution in [1.82, 2.24) is 4.57 Å². The minimum Gasteiger partial charge on any atom is -0.465 e. The molecule has 0 saturated heterocycles. The molecule has 0 aliphatic heterocycles. The van der Waals surface area contributed by atoms with Crippen LogP contribution >= 0.6 is 23.2 Å². The highest BCUT2D eigenvalue weighted by Gasteiger charge is 2.24. The summed E-state index contributed by atoms with van der Waals surface area (Å²) in [6.45, 7) is 6.09. The average molecular weight is 354 g/mol. The third-order valence-corrected chi connectivity index (χ3v) is 4.66. The lowest BCUT2D eigenvalue weighted by Gasteiger charge is -2.20. The zero-order chi connectivity index (χ0) is 17.3. The standard InChI is InChI=1S/C17H17Cl2NO3/c1-5-20-10(3)9(2)16(21)14(17(22)23-4)15(20)11-6-7-12(18)13(19)8-11/h6-8H,5H2,1-4H3. The predicted molar refractivity (Wildman–Crippen MR) is 92.6 cm³/mol. The minimum absolute atomic E-state index is 0.0100. The third-order valence-electron chi connectivity index (χ3n) is 3.92. The number of nitrogens with zero attached hydrogens (tertiary/aromatic N) is 1. The van der Waals surface area contributed by atoms with Crippen molar-refractivity contribution in [3.8, 4) is 11.3 Å². The summed E-state index contributed by atoms with van der Waals surface area (Å²) in [6, 6.07) is 5.02. The van der Waals surface area contributed by atoms with E-state index >= 15 is 0 Å². The highest BCUT2D eigenvalue weighted by atomic mass is 35.5. The van der Waals surface area contributed by atoms with E-state index in [9.17, 15) is 9.59 Å². The lowest BCUT2D eigenvalue weighted by Crippen LogP contribution is -2.26. The van der Waals surface area contributed by atoms with Crippen LogP contribution in [0.4, 0.5) is 0 Å². The largest absolute Gasteiger partial charge is 0.465 e. The van der Waals surface area contributed by atoms with Crippen molar-refractivity contribution in [2.45, 2.75) is 27.3 Å². The number of carbonyl (C=O) groups is 1. The van der Waals surface area contributed by atoms with Gasteiger partial charge < -0.3 is 9.30 Å². The number of halogens is 2. The maximum absolute atomic E-state index is 12.6. The van der Waals surface area contributed by atoms with Gasteiger partial charge in [-0.3, -0.25) is 4.79 Å². The summed E-state index contributed by atoms with van der Waals surface area (Å²) in [5, 5.41) is 0.762. The zero-order valence-corrected chi connectivity index (χ0v) is 14.9. The van der Waals surface area contributed by atoms with Crippen molar-refractivity contribution in [3.05, 3.63) is 55.3 Å². The van der Waals surface area contributed by atoms with Gasteiger partial charge in [0.05, 0.1) is 22.8 Å². The summed E-state index contributed by atoms with van der Waals surface area (Å²) in [6.07, 6.45) is 0. The first-order chi connectivity index (χ1) is 10.8. The lowest BCUT2D eigenvalue weighted by molar-refractivity contribution is 0.0599. The highest BCUT2D eigenvalue weighted by Crippen LogP contribution is 2.31. The summed E-state index contributed by atoms with van der Waals surface area (Å²) in [7, 11) is 1.26. The van der Waals surface area contributed by atoms with E-state index in [4.69, 9.17) is 27.9 Å². The third kappa shape index (κ3) is 3.01.